The Balaban J connectivity index is 3.12. The van der Waals surface area contributed by atoms with Crippen molar-refractivity contribution >= 4 is 9.84 Å². The highest BCUT2D eigenvalue weighted by molar-refractivity contribution is 7.91. The summed E-state index contributed by atoms with van der Waals surface area (Å²) < 4.78 is 26.0. The topological polar surface area (TPSA) is 52.0 Å². The van der Waals surface area contributed by atoms with Gasteiger partial charge in [0.15, 0.2) is 9.84 Å². The maximum Gasteiger partial charge on any atom is 0.185 e. The number of sulfone groups is 1. The van der Waals surface area contributed by atoms with Gasteiger partial charge in [-0.3, -0.25) is 4.68 Å². The number of hydrogen-bond acceptors (Lipinski definition) is 3. The van der Waals surface area contributed by atoms with Crippen molar-refractivity contribution in [1.29, 1.82) is 0 Å². The lowest BCUT2D eigenvalue weighted by Crippen LogP contribution is -2.08. The molecular formula is C13H18N2O2S. The van der Waals surface area contributed by atoms with Crippen LogP contribution in [-0.2, 0) is 16.9 Å². The van der Waals surface area contributed by atoms with Crippen molar-refractivity contribution in [2.45, 2.75) is 18.7 Å². The van der Waals surface area contributed by atoms with Gasteiger partial charge in [0.25, 0.3) is 0 Å². The van der Waals surface area contributed by atoms with Crippen LogP contribution in [0.15, 0.2) is 47.5 Å². The van der Waals surface area contributed by atoms with Crippen LogP contribution in [0.5, 0.6) is 0 Å². The van der Waals surface area contributed by atoms with Crippen molar-refractivity contribution in [2.24, 2.45) is 7.05 Å². The summed E-state index contributed by atoms with van der Waals surface area (Å²) in [7, 11) is -1.66. The molecule has 1 heterocycles. The van der Waals surface area contributed by atoms with E-state index in [1.165, 1.54) is 10.9 Å². The first-order chi connectivity index (χ1) is 8.40. The van der Waals surface area contributed by atoms with Crippen LogP contribution in [0, 0.1) is 6.92 Å². The minimum Gasteiger partial charge on any atom is -0.274 e. The maximum absolute atomic E-state index is 12.3. The predicted octanol–water partition coefficient (Wildman–Crippen LogP) is 2.19. The van der Waals surface area contributed by atoms with Crippen molar-refractivity contribution in [3.8, 4) is 0 Å². The van der Waals surface area contributed by atoms with Crippen LogP contribution in [0.3, 0.4) is 0 Å². The number of aromatic nitrogens is 2. The fraction of sp³-hybridized carbons (Fsp3) is 0.308. The molecule has 4 nitrogen and oxygen atoms in total. The van der Waals surface area contributed by atoms with Gasteiger partial charge < -0.3 is 0 Å². The Labute approximate surface area is 108 Å². The standard InChI is InChI=1S/C13H18N2O2S/c1-5-7-12(8-6-2)10-18(16,17)13-9-15(4)14-11(13)3/h5-9H,1,10H2,2-4H3/b8-6-,12-7+. The largest absolute Gasteiger partial charge is 0.274 e. The van der Waals surface area contributed by atoms with Gasteiger partial charge in [-0.1, -0.05) is 30.9 Å². The summed E-state index contributed by atoms with van der Waals surface area (Å²) in [6.07, 6.45) is 8.39. The number of hydrogen-bond donors (Lipinski definition) is 0. The molecule has 1 aromatic rings. The maximum atomic E-state index is 12.3. The second-order valence-electron chi connectivity index (χ2n) is 3.99. The SMILES string of the molecule is C=C/C=C(\C=C/C)CS(=O)(=O)c1cn(C)nc1C. The first-order valence-electron chi connectivity index (χ1n) is 5.58. The van der Waals surface area contributed by atoms with E-state index < -0.39 is 9.84 Å². The molecule has 1 rings (SSSR count). The molecule has 0 aromatic carbocycles. The summed E-state index contributed by atoms with van der Waals surface area (Å²) >= 11 is 0. The number of allylic oxidation sites excluding steroid dienone is 4. The Morgan fingerprint density at radius 1 is 1.56 bits per heavy atom. The molecule has 0 radical (unpaired) electrons. The van der Waals surface area contributed by atoms with Gasteiger partial charge in [-0.2, -0.15) is 5.10 Å². The summed E-state index contributed by atoms with van der Waals surface area (Å²) in [5, 5.41) is 4.06. The van der Waals surface area contributed by atoms with E-state index in [2.05, 4.69) is 11.7 Å². The molecule has 0 amide bonds. The molecule has 0 aliphatic heterocycles. The number of nitrogens with zero attached hydrogens (tertiary/aromatic N) is 2. The predicted molar refractivity (Wildman–Crippen MR) is 73.1 cm³/mol. The Morgan fingerprint density at radius 2 is 2.22 bits per heavy atom. The van der Waals surface area contributed by atoms with Crippen LogP contribution in [0.2, 0.25) is 0 Å². The van der Waals surface area contributed by atoms with E-state index in [9.17, 15) is 8.42 Å². The third kappa shape index (κ3) is 3.43. The summed E-state index contributed by atoms with van der Waals surface area (Å²) in [6.45, 7) is 7.13. The highest BCUT2D eigenvalue weighted by atomic mass is 32.2. The van der Waals surface area contributed by atoms with Gasteiger partial charge in [0.1, 0.15) is 4.90 Å². The lowest BCUT2D eigenvalue weighted by molar-refractivity contribution is 0.598. The van der Waals surface area contributed by atoms with E-state index in [0.717, 1.165) is 0 Å². The summed E-state index contributed by atoms with van der Waals surface area (Å²) in [4.78, 5) is 0.282. The van der Waals surface area contributed by atoms with Gasteiger partial charge in [-0.25, -0.2) is 8.42 Å². The smallest absolute Gasteiger partial charge is 0.185 e. The van der Waals surface area contributed by atoms with E-state index in [1.807, 2.05) is 6.92 Å². The summed E-state index contributed by atoms with van der Waals surface area (Å²) in [5.41, 5.74) is 1.23. The van der Waals surface area contributed by atoms with E-state index in [-0.39, 0.29) is 10.6 Å². The second kappa shape index (κ2) is 5.82. The quantitative estimate of drug-likeness (QED) is 0.768. The molecule has 0 spiro atoms. The van der Waals surface area contributed by atoms with Gasteiger partial charge in [0.2, 0.25) is 0 Å². The zero-order valence-corrected chi connectivity index (χ0v) is 11.7. The molecule has 1 aromatic heterocycles. The molecule has 0 saturated carbocycles. The Hall–Kier alpha value is -1.62. The minimum atomic E-state index is -3.36. The molecule has 0 atom stereocenters. The monoisotopic (exact) mass is 266 g/mol. The molecule has 0 aliphatic rings. The van der Waals surface area contributed by atoms with Crippen LogP contribution >= 0.6 is 0 Å². The van der Waals surface area contributed by atoms with E-state index in [1.54, 1.807) is 38.3 Å². The summed E-state index contributed by atoms with van der Waals surface area (Å²) in [6, 6.07) is 0. The zero-order valence-electron chi connectivity index (χ0n) is 10.9. The third-order valence-electron chi connectivity index (χ3n) is 2.37. The Morgan fingerprint density at radius 3 is 2.67 bits per heavy atom. The van der Waals surface area contributed by atoms with E-state index >= 15 is 0 Å². The van der Waals surface area contributed by atoms with Crippen LogP contribution < -0.4 is 0 Å². The fourth-order valence-corrected chi connectivity index (χ4v) is 3.29. The zero-order chi connectivity index (χ0) is 13.8. The molecule has 0 aliphatic carbocycles. The van der Waals surface area contributed by atoms with E-state index in [0.29, 0.717) is 11.3 Å². The van der Waals surface area contributed by atoms with E-state index in [4.69, 9.17) is 0 Å². The Kier molecular flexibility index (Phi) is 4.67. The second-order valence-corrected chi connectivity index (χ2v) is 5.95. The third-order valence-corrected chi connectivity index (χ3v) is 4.16. The minimum absolute atomic E-state index is 0.0457. The molecule has 0 N–H and O–H groups in total. The van der Waals surface area contributed by atoms with Crippen molar-refractivity contribution in [2.75, 3.05) is 5.75 Å². The highest BCUT2D eigenvalue weighted by Gasteiger charge is 2.20. The normalized spacial score (nSPS) is 13.2. The summed E-state index contributed by atoms with van der Waals surface area (Å²) in [5.74, 6) is -0.0457. The van der Waals surface area contributed by atoms with Gasteiger partial charge in [0, 0.05) is 13.2 Å². The van der Waals surface area contributed by atoms with Gasteiger partial charge >= 0.3 is 0 Å². The van der Waals surface area contributed by atoms with Crippen LogP contribution in [0.1, 0.15) is 12.6 Å². The first kappa shape index (κ1) is 14.4. The van der Waals surface area contributed by atoms with Crippen molar-refractivity contribution in [3.63, 3.8) is 0 Å². The van der Waals surface area contributed by atoms with Crippen molar-refractivity contribution < 1.29 is 8.42 Å². The Bertz CT molecular complexity index is 593. The number of rotatable bonds is 5. The molecule has 98 valence electrons. The van der Waals surface area contributed by atoms with Crippen molar-refractivity contribution in [1.82, 2.24) is 9.78 Å². The number of aryl methyl sites for hydroxylation is 2. The molecule has 0 unspecified atom stereocenters. The molecule has 0 bridgehead atoms. The van der Waals surface area contributed by atoms with Gasteiger partial charge in [-0.05, 0) is 19.4 Å². The molecule has 0 fully saturated rings. The van der Waals surface area contributed by atoms with Crippen molar-refractivity contribution in [3.05, 3.63) is 48.3 Å². The van der Waals surface area contributed by atoms with Gasteiger partial charge in [0.05, 0.1) is 11.4 Å². The molecule has 5 heteroatoms. The molecule has 0 saturated heterocycles. The first-order valence-corrected chi connectivity index (χ1v) is 7.23. The molecule has 18 heavy (non-hydrogen) atoms. The lowest BCUT2D eigenvalue weighted by atomic mass is 10.2. The van der Waals surface area contributed by atoms with Gasteiger partial charge in [-0.15, -0.1) is 0 Å². The lowest BCUT2D eigenvalue weighted by Gasteiger charge is -2.03. The van der Waals surface area contributed by atoms with Crippen LogP contribution in [0.25, 0.3) is 0 Å². The van der Waals surface area contributed by atoms with Crippen LogP contribution in [0.4, 0.5) is 0 Å². The fourth-order valence-electron chi connectivity index (χ4n) is 1.70. The average molecular weight is 266 g/mol. The highest BCUT2D eigenvalue weighted by Crippen LogP contribution is 2.17. The molecular weight excluding hydrogens is 248 g/mol. The van der Waals surface area contributed by atoms with Crippen LogP contribution in [-0.4, -0.2) is 24.0 Å². The average Bonchev–Trinajstić information content (AvgIpc) is 2.59.